The Balaban J connectivity index is 1.96. The van der Waals surface area contributed by atoms with Crippen molar-refractivity contribution in [2.75, 3.05) is 18.1 Å². The second-order valence-corrected chi connectivity index (χ2v) is 9.21. The summed E-state index contributed by atoms with van der Waals surface area (Å²) in [6.45, 7) is 6.30. The molecule has 0 spiro atoms. The lowest BCUT2D eigenvalue weighted by molar-refractivity contribution is 0.0965. The summed E-state index contributed by atoms with van der Waals surface area (Å²) < 4.78 is 0.740. The molecule has 0 aliphatic carbocycles. The highest BCUT2D eigenvalue weighted by Crippen LogP contribution is 2.44. The van der Waals surface area contributed by atoms with Gasteiger partial charge in [-0.1, -0.05) is 55.8 Å². The van der Waals surface area contributed by atoms with Crippen molar-refractivity contribution < 1.29 is 4.79 Å². The number of aryl methyl sites for hydroxylation is 1. The molecular formula is C26H25N5OS. The van der Waals surface area contributed by atoms with Crippen LogP contribution in [0.3, 0.4) is 0 Å². The minimum atomic E-state index is -0.269. The maximum atomic E-state index is 12.9. The molecule has 4 N–H and O–H groups in total. The van der Waals surface area contributed by atoms with Crippen LogP contribution in [0.2, 0.25) is 0 Å². The molecule has 0 saturated carbocycles. The van der Waals surface area contributed by atoms with Crippen LogP contribution in [0.1, 0.15) is 46.8 Å². The zero-order valence-corrected chi connectivity index (χ0v) is 19.8. The first-order valence-corrected chi connectivity index (χ1v) is 11.5. The molecule has 4 rings (SSSR count). The Hall–Kier alpha value is -3.89. The molecule has 6 nitrogen and oxygen atoms in total. The molecule has 0 unspecified atom stereocenters. The molecule has 7 heteroatoms. The number of nitrogens with one attached hydrogen (secondary N) is 2. The maximum Gasteiger partial charge on any atom is 0.256 e. The lowest BCUT2D eigenvalue weighted by atomic mass is 9.99. The van der Waals surface area contributed by atoms with E-state index >= 15 is 0 Å². The number of nitrogens with zero attached hydrogens (tertiary/aromatic N) is 2. The van der Waals surface area contributed by atoms with Gasteiger partial charge in [0.1, 0.15) is 28.0 Å². The summed E-state index contributed by atoms with van der Waals surface area (Å²) in [4.78, 5) is 17.4. The van der Waals surface area contributed by atoms with Crippen molar-refractivity contribution >= 4 is 44.0 Å². The van der Waals surface area contributed by atoms with Crippen molar-refractivity contribution in [1.82, 2.24) is 10.3 Å². The third-order valence-corrected chi connectivity index (χ3v) is 6.70. The van der Waals surface area contributed by atoms with Crippen molar-refractivity contribution in [2.45, 2.75) is 26.7 Å². The predicted octanol–water partition coefficient (Wildman–Crippen LogP) is 5.95. The van der Waals surface area contributed by atoms with Gasteiger partial charge in [0.2, 0.25) is 0 Å². The number of benzene rings is 2. The van der Waals surface area contributed by atoms with Crippen LogP contribution in [0.15, 0.2) is 48.5 Å². The number of hydrogen-bond donors (Lipinski definition) is 3. The fraction of sp³-hybridized carbons (Fsp3) is 0.192. The number of pyridine rings is 1. The molecule has 2 aromatic carbocycles. The first kappa shape index (κ1) is 22.3. The first-order chi connectivity index (χ1) is 15.8. The van der Waals surface area contributed by atoms with Crippen LogP contribution in [-0.2, 0) is 0 Å². The Bertz CT molecular complexity index is 1380. The number of carbonyl (C=O) groups is 1. The van der Waals surface area contributed by atoms with E-state index in [-0.39, 0.29) is 11.7 Å². The van der Waals surface area contributed by atoms with Gasteiger partial charge in [-0.15, -0.1) is 11.3 Å². The smallest absolute Gasteiger partial charge is 0.256 e. The highest BCUT2D eigenvalue weighted by molar-refractivity contribution is 7.24. The molecular weight excluding hydrogens is 430 g/mol. The number of nitriles is 1. The summed E-state index contributed by atoms with van der Waals surface area (Å²) in [5.41, 5.74) is 12.2. The second kappa shape index (κ2) is 8.93. The number of hydrogen-bond acceptors (Lipinski definition) is 6. The Morgan fingerprint density at radius 3 is 2.36 bits per heavy atom. The summed E-state index contributed by atoms with van der Waals surface area (Å²) in [7, 11) is 1.58. The molecule has 0 aliphatic heterocycles. The minimum absolute atomic E-state index is 0.108. The monoisotopic (exact) mass is 455 g/mol. The zero-order chi connectivity index (χ0) is 23.7. The van der Waals surface area contributed by atoms with Gasteiger partial charge in [0.15, 0.2) is 0 Å². The number of fused-ring (bicyclic) bond motifs is 1. The third kappa shape index (κ3) is 4.13. The van der Waals surface area contributed by atoms with Gasteiger partial charge in [-0.2, -0.15) is 5.26 Å². The van der Waals surface area contributed by atoms with E-state index in [2.05, 4.69) is 47.7 Å². The van der Waals surface area contributed by atoms with Gasteiger partial charge in [-0.3, -0.25) is 4.79 Å². The zero-order valence-electron chi connectivity index (χ0n) is 19.0. The van der Waals surface area contributed by atoms with Crippen molar-refractivity contribution in [3.05, 3.63) is 70.8 Å². The van der Waals surface area contributed by atoms with E-state index in [4.69, 9.17) is 5.73 Å². The molecule has 1 amide bonds. The topological polar surface area (TPSA) is 104 Å². The number of nitrogen functional groups attached to an aromatic ring is 1. The second-order valence-electron chi connectivity index (χ2n) is 8.19. The molecule has 0 aliphatic rings. The lowest BCUT2D eigenvalue weighted by Gasteiger charge is -2.10. The number of thiophene rings is 1. The van der Waals surface area contributed by atoms with E-state index in [9.17, 15) is 10.1 Å². The van der Waals surface area contributed by atoms with Gasteiger partial charge in [0, 0.05) is 18.3 Å². The largest absolute Gasteiger partial charge is 0.383 e. The van der Waals surface area contributed by atoms with Gasteiger partial charge in [0.25, 0.3) is 5.91 Å². The molecule has 0 saturated heterocycles. The fourth-order valence-corrected chi connectivity index (χ4v) is 4.96. The van der Waals surface area contributed by atoms with Gasteiger partial charge < -0.3 is 16.4 Å². The van der Waals surface area contributed by atoms with E-state index < -0.39 is 0 Å². The SMILES string of the molecule is CNC(=O)c1c(Nc2ccc(C(C)C)cc2)sc2c(-c3ccc(C)cc3)c(C#N)c(N)nc12. The molecule has 2 aromatic heterocycles. The Kier molecular flexibility index (Phi) is 6.03. The molecule has 33 heavy (non-hydrogen) atoms. The first-order valence-electron chi connectivity index (χ1n) is 10.7. The van der Waals surface area contributed by atoms with Crippen LogP contribution in [0.5, 0.6) is 0 Å². The summed E-state index contributed by atoms with van der Waals surface area (Å²) in [5, 5.41) is 16.6. The van der Waals surface area contributed by atoms with Gasteiger partial charge in [-0.25, -0.2) is 4.98 Å². The molecule has 0 fully saturated rings. The number of rotatable bonds is 5. The number of amides is 1. The number of nitrogens with two attached hydrogens (primary N) is 1. The maximum absolute atomic E-state index is 12.9. The predicted molar refractivity (Wildman–Crippen MR) is 136 cm³/mol. The van der Waals surface area contributed by atoms with Gasteiger partial charge in [-0.05, 0) is 36.1 Å². The molecule has 0 atom stereocenters. The molecule has 0 radical (unpaired) electrons. The Labute approximate surface area is 197 Å². The van der Waals surface area contributed by atoms with Gasteiger partial charge in [0.05, 0.1) is 10.2 Å². The van der Waals surface area contributed by atoms with E-state index in [1.165, 1.54) is 16.9 Å². The fourth-order valence-electron chi connectivity index (χ4n) is 3.73. The highest BCUT2D eigenvalue weighted by Gasteiger charge is 2.25. The van der Waals surface area contributed by atoms with E-state index in [0.717, 1.165) is 21.5 Å². The lowest BCUT2D eigenvalue weighted by Crippen LogP contribution is -2.18. The number of anilines is 3. The summed E-state index contributed by atoms with van der Waals surface area (Å²) in [5.74, 6) is 0.267. The molecule has 166 valence electrons. The van der Waals surface area contributed by atoms with Crippen molar-refractivity contribution in [2.24, 2.45) is 0 Å². The molecule has 0 bridgehead atoms. The molecule has 4 aromatic rings. The van der Waals surface area contributed by atoms with Crippen molar-refractivity contribution in [1.29, 1.82) is 5.26 Å². The summed E-state index contributed by atoms with van der Waals surface area (Å²) >= 11 is 1.40. The van der Waals surface area contributed by atoms with Crippen molar-refractivity contribution in [3.63, 3.8) is 0 Å². The van der Waals surface area contributed by atoms with Crippen LogP contribution in [-0.4, -0.2) is 17.9 Å². The Morgan fingerprint density at radius 2 is 1.79 bits per heavy atom. The summed E-state index contributed by atoms with van der Waals surface area (Å²) in [6, 6.07) is 18.2. The van der Waals surface area contributed by atoms with Crippen LogP contribution >= 0.6 is 11.3 Å². The Morgan fingerprint density at radius 1 is 1.12 bits per heavy atom. The van der Waals surface area contributed by atoms with E-state index in [0.29, 0.717) is 33.1 Å². The van der Waals surface area contributed by atoms with E-state index in [1.54, 1.807) is 7.05 Å². The highest BCUT2D eigenvalue weighted by atomic mass is 32.1. The average Bonchev–Trinajstić information content (AvgIpc) is 3.15. The van der Waals surface area contributed by atoms with Crippen LogP contribution in [0, 0.1) is 18.3 Å². The van der Waals surface area contributed by atoms with Gasteiger partial charge >= 0.3 is 0 Å². The van der Waals surface area contributed by atoms with Crippen molar-refractivity contribution in [3.8, 4) is 17.2 Å². The standard InChI is InChI=1S/C26H25N5OS/c1-14(2)16-9-11-18(12-10-16)30-26-21(25(32)29-4)22-23(33-26)20(19(13-27)24(28)31-22)17-7-5-15(3)6-8-17/h5-12,14,30H,1-4H3,(H2,28,31)(H,29,32). The third-order valence-electron chi connectivity index (χ3n) is 5.59. The van der Waals surface area contributed by atoms with Crippen LogP contribution in [0.4, 0.5) is 16.5 Å². The summed E-state index contributed by atoms with van der Waals surface area (Å²) in [6.07, 6.45) is 0. The number of aromatic nitrogens is 1. The average molecular weight is 456 g/mol. The minimum Gasteiger partial charge on any atom is -0.383 e. The normalized spacial score (nSPS) is 10.9. The number of carbonyl (C=O) groups excluding carboxylic acids is 1. The van der Waals surface area contributed by atoms with E-state index in [1.807, 2.05) is 43.3 Å². The quantitative estimate of drug-likeness (QED) is 0.345. The molecule has 2 heterocycles. The van der Waals surface area contributed by atoms with Crippen LogP contribution in [0.25, 0.3) is 21.3 Å². The van der Waals surface area contributed by atoms with Crippen LogP contribution < -0.4 is 16.4 Å².